The summed E-state index contributed by atoms with van der Waals surface area (Å²) in [5.41, 5.74) is 1.66. The first-order chi connectivity index (χ1) is 13.2. The Labute approximate surface area is 161 Å². The molecule has 3 aromatic rings. The number of hydrogen-bond acceptors (Lipinski definition) is 5. The average Bonchev–Trinajstić information content (AvgIpc) is 3.31. The molecular formula is C20H18ClN3O3. The van der Waals surface area contributed by atoms with Crippen molar-refractivity contribution in [2.24, 2.45) is 0 Å². The van der Waals surface area contributed by atoms with E-state index < -0.39 is 0 Å². The molecule has 27 heavy (non-hydrogen) atoms. The van der Waals surface area contributed by atoms with Crippen LogP contribution >= 0.6 is 11.6 Å². The summed E-state index contributed by atoms with van der Waals surface area (Å²) in [4.78, 5) is 18.7. The van der Waals surface area contributed by atoms with E-state index in [1.807, 2.05) is 48.5 Å². The van der Waals surface area contributed by atoms with Gasteiger partial charge in [-0.25, -0.2) is 0 Å². The molecule has 1 aliphatic heterocycles. The SMILES string of the molecule is COc1ccccc1-c1nc(C2CC(=O)N(Cc3ccccc3Cl)C2)no1. The van der Waals surface area contributed by atoms with Crippen LogP contribution in [0.25, 0.3) is 11.5 Å². The van der Waals surface area contributed by atoms with Crippen molar-refractivity contribution in [1.29, 1.82) is 0 Å². The maximum absolute atomic E-state index is 12.4. The van der Waals surface area contributed by atoms with Gasteiger partial charge in [0.15, 0.2) is 5.82 Å². The first-order valence-electron chi connectivity index (χ1n) is 8.64. The van der Waals surface area contributed by atoms with Gasteiger partial charge in [-0.15, -0.1) is 0 Å². The van der Waals surface area contributed by atoms with Crippen LogP contribution < -0.4 is 4.74 Å². The van der Waals surface area contributed by atoms with Crippen LogP contribution in [0.1, 0.15) is 23.7 Å². The molecule has 6 nitrogen and oxygen atoms in total. The third kappa shape index (κ3) is 3.53. The number of likely N-dealkylation sites (tertiary alicyclic amines) is 1. The topological polar surface area (TPSA) is 68.5 Å². The molecule has 1 unspecified atom stereocenters. The lowest BCUT2D eigenvalue weighted by molar-refractivity contribution is -0.128. The summed E-state index contributed by atoms with van der Waals surface area (Å²) < 4.78 is 10.8. The molecule has 1 fully saturated rings. The summed E-state index contributed by atoms with van der Waals surface area (Å²) in [7, 11) is 1.60. The number of nitrogens with zero attached hydrogens (tertiary/aromatic N) is 3. The fourth-order valence-corrected chi connectivity index (χ4v) is 3.46. The second-order valence-corrected chi connectivity index (χ2v) is 6.83. The number of carbonyl (C=O) groups excluding carboxylic acids is 1. The molecule has 1 saturated heterocycles. The lowest BCUT2D eigenvalue weighted by atomic mass is 10.1. The van der Waals surface area contributed by atoms with Gasteiger partial charge in [0.25, 0.3) is 5.89 Å². The Kier molecular flexibility index (Phi) is 4.81. The van der Waals surface area contributed by atoms with E-state index in [4.69, 9.17) is 20.9 Å². The highest BCUT2D eigenvalue weighted by Gasteiger charge is 2.34. The third-order valence-electron chi connectivity index (χ3n) is 4.68. The Morgan fingerprint density at radius 3 is 2.81 bits per heavy atom. The van der Waals surface area contributed by atoms with Crippen LogP contribution in [0.15, 0.2) is 53.1 Å². The lowest BCUT2D eigenvalue weighted by Crippen LogP contribution is -2.24. The monoisotopic (exact) mass is 383 g/mol. The first kappa shape index (κ1) is 17.5. The number of methoxy groups -OCH3 is 1. The first-order valence-corrected chi connectivity index (χ1v) is 9.01. The van der Waals surface area contributed by atoms with Gasteiger partial charge in [0.1, 0.15) is 5.75 Å². The molecule has 138 valence electrons. The van der Waals surface area contributed by atoms with E-state index in [0.717, 1.165) is 11.1 Å². The molecular weight excluding hydrogens is 366 g/mol. The number of carbonyl (C=O) groups is 1. The fraction of sp³-hybridized carbons (Fsp3) is 0.250. The highest BCUT2D eigenvalue weighted by Crippen LogP contribution is 2.32. The minimum absolute atomic E-state index is 0.0589. The van der Waals surface area contributed by atoms with Crippen LogP contribution in [0, 0.1) is 0 Å². The van der Waals surface area contributed by atoms with Crippen molar-refractivity contribution in [3.05, 3.63) is 64.9 Å². The predicted octanol–water partition coefficient (Wildman–Crippen LogP) is 3.91. The summed E-state index contributed by atoms with van der Waals surface area (Å²) in [6.07, 6.45) is 0.356. The maximum atomic E-state index is 12.4. The Morgan fingerprint density at radius 1 is 1.22 bits per heavy atom. The Hall–Kier alpha value is -2.86. The number of benzene rings is 2. The smallest absolute Gasteiger partial charge is 0.261 e. The predicted molar refractivity (Wildman–Crippen MR) is 101 cm³/mol. The van der Waals surface area contributed by atoms with E-state index >= 15 is 0 Å². The molecule has 0 aliphatic carbocycles. The van der Waals surface area contributed by atoms with Crippen molar-refractivity contribution < 1.29 is 14.1 Å². The molecule has 7 heteroatoms. The molecule has 1 atom stereocenters. The molecule has 0 bridgehead atoms. The Morgan fingerprint density at radius 2 is 2.00 bits per heavy atom. The zero-order chi connectivity index (χ0) is 18.8. The minimum atomic E-state index is -0.104. The largest absolute Gasteiger partial charge is 0.496 e. The van der Waals surface area contributed by atoms with Gasteiger partial charge in [0, 0.05) is 30.5 Å². The highest BCUT2D eigenvalue weighted by atomic mass is 35.5. The highest BCUT2D eigenvalue weighted by molar-refractivity contribution is 6.31. The van der Waals surface area contributed by atoms with Crippen LogP contribution in [0.3, 0.4) is 0 Å². The van der Waals surface area contributed by atoms with Gasteiger partial charge in [0.05, 0.1) is 12.7 Å². The summed E-state index contributed by atoms with van der Waals surface area (Å²) in [6.45, 7) is 1.02. The van der Waals surface area contributed by atoms with Crippen LogP contribution in [0.4, 0.5) is 0 Å². The molecule has 0 N–H and O–H groups in total. The minimum Gasteiger partial charge on any atom is -0.496 e. The van der Waals surface area contributed by atoms with E-state index in [0.29, 0.717) is 42.0 Å². The summed E-state index contributed by atoms with van der Waals surface area (Å²) >= 11 is 6.21. The number of halogens is 1. The summed E-state index contributed by atoms with van der Waals surface area (Å²) in [5.74, 6) is 1.54. The second-order valence-electron chi connectivity index (χ2n) is 6.42. The van der Waals surface area contributed by atoms with E-state index in [1.54, 1.807) is 12.0 Å². The van der Waals surface area contributed by atoms with Gasteiger partial charge in [0.2, 0.25) is 5.91 Å². The zero-order valence-corrected chi connectivity index (χ0v) is 15.5. The van der Waals surface area contributed by atoms with Gasteiger partial charge < -0.3 is 14.2 Å². The van der Waals surface area contributed by atoms with Gasteiger partial charge in [-0.05, 0) is 23.8 Å². The molecule has 4 rings (SSSR count). The van der Waals surface area contributed by atoms with Crippen LogP contribution in [0.5, 0.6) is 5.75 Å². The van der Waals surface area contributed by atoms with E-state index in [9.17, 15) is 4.79 Å². The fourth-order valence-electron chi connectivity index (χ4n) is 3.26. The van der Waals surface area contributed by atoms with Gasteiger partial charge >= 0.3 is 0 Å². The molecule has 0 radical (unpaired) electrons. The Balaban J connectivity index is 1.51. The molecule has 2 heterocycles. The van der Waals surface area contributed by atoms with Crippen molar-refractivity contribution >= 4 is 17.5 Å². The molecule has 1 aromatic heterocycles. The lowest BCUT2D eigenvalue weighted by Gasteiger charge is -2.16. The molecule has 1 aliphatic rings. The van der Waals surface area contributed by atoms with E-state index in [2.05, 4.69) is 10.1 Å². The Bertz CT molecular complexity index is 972. The standard InChI is InChI=1S/C20H18ClN3O3/c1-26-17-9-5-3-7-15(17)20-22-19(23-27-20)14-10-18(25)24(12-14)11-13-6-2-4-8-16(13)21/h2-9,14H,10-12H2,1H3. The van der Waals surface area contributed by atoms with E-state index in [-0.39, 0.29) is 11.8 Å². The number of ether oxygens (including phenoxy) is 1. The number of amides is 1. The zero-order valence-electron chi connectivity index (χ0n) is 14.8. The average molecular weight is 384 g/mol. The molecule has 1 amide bonds. The molecule has 0 saturated carbocycles. The van der Waals surface area contributed by atoms with Crippen LogP contribution in [-0.4, -0.2) is 34.6 Å². The third-order valence-corrected chi connectivity index (χ3v) is 5.05. The van der Waals surface area contributed by atoms with Crippen molar-refractivity contribution in [2.75, 3.05) is 13.7 Å². The van der Waals surface area contributed by atoms with Crippen LogP contribution in [-0.2, 0) is 11.3 Å². The maximum Gasteiger partial charge on any atom is 0.261 e. The van der Waals surface area contributed by atoms with E-state index in [1.165, 1.54) is 0 Å². The van der Waals surface area contributed by atoms with Gasteiger partial charge in [-0.1, -0.05) is 47.1 Å². The quantitative estimate of drug-likeness (QED) is 0.668. The molecule has 0 spiro atoms. The van der Waals surface area contributed by atoms with Crippen molar-refractivity contribution in [2.45, 2.75) is 18.9 Å². The van der Waals surface area contributed by atoms with Gasteiger partial charge in [-0.3, -0.25) is 4.79 Å². The number of hydrogen-bond donors (Lipinski definition) is 0. The van der Waals surface area contributed by atoms with Gasteiger partial charge in [-0.2, -0.15) is 4.98 Å². The number of para-hydroxylation sites is 1. The van der Waals surface area contributed by atoms with Crippen molar-refractivity contribution in [1.82, 2.24) is 15.0 Å². The summed E-state index contributed by atoms with van der Waals surface area (Å²) in [6, 6.07) is 15.0. The number of rotatable bonds is 5. The molecule has 2 aromatic carbocycles. The van der Waals surface area contributed by atoms with Crippen LogP contribution in [0.2, 0.25) is 5.02 Å². The van der Waals surface area contributed by atoms with Crippen molar-refractivity contribution in [3.63, 3.8) is 0 Å². The number of aromatic nitrogens is 2. The normalized spacial score (nSPS) is 16.7. The second kappa shape index (κ2) is 7.40. The van der Waals surface area contributed by atoms with Crippen molar-refractivity contribution in [3.8, 4) is 17.2 Å². The summed E-state index contributed by atoms with van der Waals surface area (Å²) in [5, 5.41) is 4.76.